The maximum atomic E-state index is 12.3. The van der Waals surface area contributed by atoms with Crippen molar-refractivity contribution in [3.8, 4) is 0 Å². The number of nitrogens with one attached hydrogen (secondary N) is 1. The number of carbonyl (C=O) groups is 1. The van der Waals surface area contributed by atoms with Crippen molar-refractivity contribution < 1.29 is 15.2 Å². The third-order valence-corrected chi connectivity index (χ3v) is 4.53. The predicted molar refractivity (Wildman–Crippen MR) is 75.5 cm³/mol. The number of likely N-dealkylation sites (tertiary alicyclic amines) is 1. The average Bonchev–Trinajstić information content (AvgIpc) is 2.64. The molecule has 0 saturated carbocycles. The molecule has 112 valence electrons. The molecule has 0 radical (unpaired) electrons. The molecule has 1 aromatic heterocycles. The maximum absolute atomic E-state index is 12.3. The Morgan fingerprint density at radius 2 is 2.00 bits per heavy atom. The smallest absolute Gasteiger partial charge is 0.292 e. The van der Waals surface area contributed by atoms with Gasteiger partial charge in [-0.15, -0.1) is 5.10 Å². The zero-order chi connectivity index (χ0) is 14.7. The van der Waals surface area contributed by atoms with Crippen LogP contribution in [0.15, 0.2) is 4.47 Å². The Bertz CT molecular complexity index is 481. The molecular weight excluding hydrogens is 328 g/mol. The number of amides is 1. The molecule has 0 aliphatic carbocycles. The second-order valence-corrected chi connectivity index (χ2v) is 5.80. The van der Waals surface area contributed by atoms with Gasteiger partial charge in [0, 0.05) is 13.1 Å². The van der Waals surface area contributed by atoms with E-state index in [-0.39, 0.29) is 18.3 Å². The predicted octanol–water partition coefficient (Wildman–Crippen LogP) is 0.760. The number of hydrogen-bond donors (Lipinski definition) is 2. The molecule has 2 N–H and O–H groups in total. The van der Waals surface area contributed by atoms with Gasteiger partial charge >= 0.3 is 0 Å². The van der Waals surface area contributed by atoms with E-state index >= 15 is 0 Å². The Kier molecular flexibility index (Phi) is 5.14. The molecule has 2 heterocycles. The van der Waals surface area contributed by atoms with Gasteiger partial charge in [0.15, 0.2) is 0 Å². The van der Waals surface area contributed by atoms with Crippen LogP contribution in [0.25, 0.3) is 0 Å². The Morgan fingerprint density at radius 1 is 1.40 bits per heavy atom. The number of hydrogen-bond acceptors (Lipinski definition) is 4. The van der Waals surface area contributed by atoms with Crippen molar-refractivity contribution in [2.45, 2.75) is 39.2 Å². The quantitative estimate of drug-likeness (QED) is 0.791. The zero-order valence-corrected chi connectivity index (χ0v) is 13.0. The van der Waals surface area contributed by atoms with Crippen LogP contribution < -0.4 is 5.23 Å². The highest BCUT2D eigenvalue weighted by Crippen LogP contribution is 2.22. The molecule has 1 amide bonds. The van der Waals surface area contributed by atoms with E-state index < -0.39 is 5.23 Å². The first-order chi connectivity index (χ1) is 9.50. The Hall–Kier alpha value is -0.960. The van der Waals surface area contributed by atoms with E-state index in [9.17, 15) is 10.0 Å². The molecule has 1 saturated heterocycles. The molecule has 0 aromatic carbocycles. The molecular formula is C12H19BrN4O3. The molecule has 7 nitrogen and oxygen atoms in total. The van der Waals surface area contributed by atoms with Gasteiger partial charge in [-0.2, -0.15) is 5.23 Å². The number of quaternary nitrogens is 1. The van der Waals surface area contributed by atoms with Crippen molar-refractivity contribution in [1.29, 1.82) is 0 Å². The van der Waals surface area contributed by atoms with Crippen LogP contribution in [0.1, 0.15) is 31.4 Å². The van der Waals surface area contributed by atoms with Gasteiger partial charge in [-0.1, -0.05) is 12.8 Å². The van der Waals surface area contributed by atoms with Gasteiger partial charge in [-0.3, -0.25) is 9.48 Å². The minimum absolute atomic E-state index is 0.00180. The van der Waals surface area contributed by atoms with Gasteiger partial charge < -0.3 is 10.1 Å². The van der Waals surface area contributed by atoms with Gasteiger partial charge in [0.25, 0.3) is 5.82 Å². The first-order valence-electron chi connectivity index (χ1n) is 6.74. The van der Waals surface area contributed by atoms with E-state index in [1.54, 1.807) is 6.92 Å². The normalized spacial score (nSPS) is 17.9. The molecule has 1 aliphatic heterocycles. The monoisotopic (exact) mass is 346 g/mol. The summed E-state index contributed by atoms with van der Waals surface area (Å²) >= 11 is 3.21. The van der Waals surface area contributed by atoms with Crippen molar-refractivity contribution in [2.24, 2.45) is 0 Å². The number of rotatable bonds is 3. The van der Waals surface area contributed by atoms with E-state index in [1.165, 1.54) is 17.5 Å². The first-order valence-corrected chi connectivity index (χ1v) is 7.54. The van der Waals surface area contributed by atoms with Crippen molar-refractivity contribution in [1.82, 2.24) is 14.7 Å². The Labute approximate surface area is 125 Å². The first kappa shape index (κ1) is 15.4. The topological polar surface area (TPSA) is 85.9 Å². The molecule has 20 heavy (non-hydrogen) atoms. The largest absolute Gasteiger partial charge is 0.594 e. The highest BCUT2D eigenvalue weighted by atomic mass is 79.9. The summed E-state index contributed by atoms with van der Waals surface area (Å²) in [5.41, 5.74) is 0.658. The average molecular weight is 347 g/mol. The Morgan fingerprint density at radius 3 is 2.50 bits per heavy atom. The lowest BCUT2D eigenvalue weighted by Crippen LogP contribution is -2.99. The third kappa shape index (κ3) is 3.38. The van der Waals surface area contributed by atoms with Crippen molar-refractivity contribution in [3.63, 3.8) is 0 Å². The molecule has 1 fully saturated rings. The summed E-state index contributed by atoms with van der Waals surface area (Å²) in [5.74, 6) is -0.0481. The standard InChI is InChI=1S/C12H19BrN4O3/c1-9-11(13)12(17(19)20)14-16(9)8-10(18)15-6-4-2-3-5-7-15/h17,19H,2-8H2,1H3. The molecule has 1 unspecified atom stereocenters. The van der Waals surface area contributed by atoms with E-state index in [4.69, 9.17) is 5.21 Å². The molecule has 1 atom stereocenters. The molecule has 0 spiro atoms. The third-order valence-electron chi connectivity index (χ3n) is 3.58. The van der Waals surface area contributed by atoms with E-state index in [0.717, 1.165) is 25.9 Å². The van der Waals surface area contributed by atoms with Gasteiger partial charge in [-0.25, -0.2) is 5.21 Å². The fourth-order valence-electron chi connectivity index (χ4n) is 2.36. The number of carbonyl (C=O) groups excluding carboxylic acids is 1. The van der Waals surface area contributed by atoms with Crippen LogP contribution in [-0.4, -0.2) is 38.9 Å². The van der Waals surface area contributed by atoms with Crippen LogP contribution >= 0.6 is 15.9 Å². The van der Waals surface area contributed by atoms with Crippen molar-refractivity contribution in [3.05, 3.63) is 15.4 Å². The van der Waals surface area contributed by atoms with Crippen molar-refractivity contribution >= 4 is 27.7 Å². The molecule has 8 heteroatoms. The van der Waals surface area contributed by atoms with Gasteiger partial charge in [0.05, 0.1) is 5.69 Å². The molecule has 1 aromatic rings. The van der Waals surface area contributed by atoms with E-state index in [2.05, 4.69) is 21.0 Å². The van der Waals surface area contributed by atoms with Crippen LogP contribution in [0, 0.1) is 12.1 Å². The fraction of sp³-hybridized carbons (Fsp3) is 0.667. The summed E-state index contributed by atoms with van der Waals surface area (Å²) in [6.07, 6.45) is 4.40. The lowest BCUT2D eigenvalue weighted by atomic mass is 10.2. The summed E-state index contributed by atoms with van der Waals surface area (Å²) in [6.45, 7) is 3.41. The van der Waals surface area contributed by atoms with Crippen molar-refractivity contribution in [2.75, 3.05) is 13.1 Å². The van der Waals surface area contributed by atoms with Gasteiger partial charge in [0.2, 0.25) is 5.91 Å². The number of aromatic nitrogens is 2. The highest BCUT2D eigenvalue weighted by molar-refractivity contribution is 9.10. The maximum Gasteiger partial charge on any atom is 0.292 e. The van der Waals surface area contributed by atoms with Crippen LogP contribution in [0.4, 0.5) is 5.82 Å². The molecule has 1 aliphatic rings. The molecule has 0 bridgehead atoms. The van der Waals surface area contributed by atoms with Gasteiger partial charge in [0.1, 0.15) is 11.0 Å². The second kappa shape index (κ2) is 6.66. The SMILES string of the molecule is Cc1c(Br)c([NH+]([O-])O)nn1CC(=O)N1CCCCCC1. The number of halogens is 1. The lowest BCUT2D eigenvalue weighted by Gasteiger charge is -2.20. The van der Waals surface area contributed by atoms with Crippen LogP contribution in [0.2, 0.25) is 0 Å². The summed E-state index contributed by atoms with van der Waals surface area (Å²) < 4.78 is 1.90. The van der Waals surface area contributed by atoms with Gasteiger partial charge in [-0.05, 0) is 35.7 Å². The van der Waals surface area contributed by atoms with E-state index in [1.807, 2.05) is 4.90 Å². The van der Waals surface area contributed by atoms with Crippen LogP contribution in [0.3, 0.4) is 0 Å². The summed E-state index contributed by atoms with van der Waals surface area (Å²) in [6, 6.07) is 0. The Balaban J connectivity index is 2.09. The minimum Gasteiger partial charge on any atom is -0.594 e. The van der Waals surface area contributed by atoms with Crippen LogP contribution in [0.5, 0.6) is 0 Å². The fourth-order valence-corrected chi connectivity index (χ4v) is 2.82. The van der Waals surface area contributed by atoms with E-state index in [0.29, 0.717) is 10.2 Å². The summed E-state index contributed by atoms with van der Waals surface area (Å²) in [4.78, 5) is 14.1. The second-order valence-electron chi connectivity index (χ2n) is 5.01. The highest BCUT2D eigenvalue weighted by Gasteiger charge is 2.22. The number of nitrogens with zero attached hydrogens (tertiary/aromatic N) is 3. The summed E-state index contributed by atoms with van der Waals surface area (Å²) in [5, 5.41) is 22.9. The van der Waals surface area contributed by atoms with Crippen LogP contribution in [-0.2, 0) is 11.3 Å². The summed E-state index contributed by atoms with van der Waals surface area (Å²) in [7, 11) is 0. The zero-order valence-electron chi connectivity index (χ0n) is 11.4. The minimum atomic E-state index is -1.10. The molecule has 2 rings (SSSR count). The lowest BCUT2D eigenvalue weighted by molar-refractivity contribution is -0.993.